The summed E-state index contributed by atoms with van der Waals surface area (Å²) in [7, 11) is -3.98. The molecule has 20 heavy (non-hydrogen) atoms. The molecular weight excluding hydrogens is 281 g/mol. The first kappa shape index (κ1) is 14.3. The fraction of sp³-hybridized carbons (Fsp3) is 0.154. The number of aryl methyl sites for hydroxylation is 2. The van der Waals surface area contributed by atoms with E-state index in [0.29, 0.717) is 5.69 Å². The summed E-state index contributed by atoms with van der Waals surface area (Å²) in [4.78, 5) is 3.76. The summed E-state index contributed by atoms with van der Waals surface area (Å²) in [6.07, 6.45) is 0. The Labute approximate surface area is 116 Å². The van der Waals surface area contributed by atoms with Crippen LogP contribution in [0.2, 0.25) is 0 Å². The maximum absolute atomic E-state index is 13.2. The predicted molar refractivity (Wildman–Crippen MR) is 75.3 cm³/mol. The second-order valence-corrected chi connectivity index (χ2v) is 6.11. The molecule has 0 atom stereocenters. The van der Waals surface area contributed by atoms with E-state index >= 15 is 0 Å². The molecule has 1 aromatic carbocycles. The first-order valence-corrected chi connectivity index (χ1v) is 7.29. The van der Waals surface area contributed by atoms with E-state index < -0.39 is 15.8 Å². The number of halogens is 1. The first-order chi connectivity index (χ1) is 9.28. The number of hydrogen-bond acceptors (Lipinski definition) is 4. The van der Waals surface area contributed by atoms with Crippen molar-refractivity contribution in [2.45, 2.75) is 18.7 Å². The Bertz CT molecular complexity index is 740. The van der Waals surface area contributed by atoms with Crippen molar-refractivity contribution in [1.29, 1.82) is 0 Å². The lowest BCUT2D eigenvalue weighted by Gasteiger charge is -2.10. The van der Waals surface area contributed by atoms with Gasteiger partial charge in [-0.2, -0.15) is 0 Å². The van der Waals surface area contributed by atoms with Crippen LogP contribution in [0.5, 0.6) is 0 Å². The molecular formula is C13H14FN3O2S. The second-order valence-electron chi connectivity index (χ2n) is 4.46. The smallest absolute Gasteiger partial charge is 0.265 e. The molecule has 106 valence electrons. The highest BCUT2D eigenvalue weighted by atomic mass is 32.2. The molecule has 0 fully saturated rings. The summed E-state index contributed by atoms with van der Waals surface area (Å²) in [5.41, 5.74) is 7.10. The van der Waals surface area contributed by atoms with Gasteiger partial charge < -0.3 is 5.73 Å². The van der Waals surface area contributed by atoms with Gasteiger partial charge in [-0.15, -0.1) is 0 Å². The van der Waals surface area contributed by atoms with Crippen LogP contribution in [-0.4, -0.2) is 13.4 Å². The molecule has 7 heteroatoms. The Morgan fingerprint density at radius 3 is 2.55 bits per heavy atom. The number of anilines is 2. The fourth-order valence-corrected chi connectivity index (χ4v) is 2.96. The third-order valence-electron chi connectivity index (χ3n) is 2.60. The first-order valence-electron chi connectivity index (χ1n) is 5.81. The number of nitrogens with two attached hydrogens (primary N) is 1. The average molecular weight is 295 g/mol. The minimum Gasteiger partial charge on any atom is -0.398 e. The maximum Gasteiger partial charge on any atom is 0.265 e. The van der Waals surface area contributed by atoms with Crippen molar-refractivity contribution in [3.05, 3.63) is 47.4 Å². The monoisotopic (exact) mass is 295 g/mol. The molecule has 0 aliphatic rings. The van der Waals surface area contributed by atoms with Gasteiger partial charge in [0, 0.05) is 5.69 Å². The van der Waals surface area contributed by atoms with Crippen LogP contribution in [0.1, 0.15) is 11.3 Å². The van der Waals surface area contributed by atoms with E-state index in [2.05, 4.69) is 9.71 Å². The molecule has 1 aromatic heterocycles. The summed E-state index contributed by atoms with van der Waals surface area (Å²) in [5, 5.41) is 0. The Morgan fingerprint density at radius 2 is 1.90 bits per heavy atom. The lowest BCUT2D eigenvalue weighted by atomic mass is 10.2. The van der Waals surface area contributed by atoms with Gasteiger partial charge in [0.15, 0.2) is 0 Å². The Balaban J connectivity index is 2.43. The summed E-state index contributed by atoms with van der Waals surface area (Å²) in [6.45, 7) is 3.57. The molecule has 0 spiro atoms. The molecule has 5 nitrogen and oxygen atoms in total. The summed E-state index contributed by atoms with van der Waals surface area (Å²) in [6, 6.07) is 6.58. The van der Waals surface area contributed by atoms with Crippen LogP contribution < -0.4 is 10.5 Å². The van der Waals surface area contributed by atoms with Crippen LogP contribution in [-0.2, 0) is 10.0 Å². The molecule has 0 amide bonds. The minimum atomic E-state index is -3.98. The van der Waals surface area contributed by atoms with Crippen molar-refractivity contribution in [2.24, 2.45) is 0 Å². The molecule has 0 aliphatic carbocycles. The van der Waals surface area contributed by atoms with Gasteiger partial charge in [-0.3, -0.25) is 4.72 Å². The van der Waals surface area contributed by atoms with E-state index in [4.69, 9.17) is 5.73 Å². The largest absolute Gasteiger partial charge is 0.398 e. The molecule has 0 saturated carbocycles. The van der Waals surface area contributed by atoms with E-state index in [9.17, 15) is 12.8 Å². The molecule has 0 saturated heterocycles. The van der Waals surface area contributed by atoms with Gasteiger partial charge in [0.2, 0.25) is 0 Å². The quantitative estimate of drug-likeness (QED) is 0.850. The number of aromatic nitrogens is 1. The van der Waals surface area contributed by atoms with E-state index in [-0.39, 0.29) is 16.4 Å². The van der Waals surface area contributed by atoms with Crippen LogP contribution in [0.25, 0.3) is 0 Å². The molecule has 0 unspecified atom stereocenters. The van der Waals surface area contributed by atoms with Crippen molar-refractivity contribution in [3.8, 4) is 0 Å². The van der Waals surface area contributed by atoms with Crippen LogP contribution in [0.3, 0.4) is 0 Å². The number of nitrogens with one attached hydrogen (secondary N) is 1. The Hall–Kier alpha value is -2.15. The number of nitrogens with zero attached hydrogens (tertiary/aromatic N) is 1. The Morgan fingerprint density at radius 1 is 1.20 bits per heavy atom. The van der Waals surface area contributed by atoms with Crippen LogP contribution >= 0.6 is 0 Å². The minimum absolute atomic E-state index is 0.0247. The van der Waals surface area contributed by atoms with Crippen molar-refractivity contribution < 1.29 is 12.8 Å². The number of rotatable bonds is 3. The molecule has 0 aliphatic heterocycles. The third kappa shape index (κ3) is 3.05. The number of sulfonamides is 1. The predicted octanol–water partition coefficient (Wildman–Crippen LogP) is 2.22. The Kier molecular flexibility index (Phi) is 3.63. The molecule has 3 N–H and O–H groups in total. The zero-order valence-corrected chi connectivity index (χ0v) is 11.8. The maximum atomic E-state index is 13.2. The molecule has 1 heterocycles. The van der Waals surface area contributed by atoms with Crippen molar-refractivity contribution in [2.75, 3.05) is 10.5 Å². The van der Waals surface area contributed by atoms with Gasteiger partial charge in [0.25, 0.3) is 10.0 Å². The summed E-state index contributed by atoms with van der Waals surface area (Å²) < 4.78 is 39.9. The third-order valence-corrected chi connectivity index (χ3v) is 4.01. The lowest BCUT2D eigenvalue weighted by molar-refractivity contribution is 0.596. The SMILES string of the molecule is Cc1cc(C)nc(NS(=O)(=O)c2cc(F)ccc2N)c1. The van der Waals surface area contributed by atoms with E-state index in [1.54, 1.807) is 13.0 Å². The van der Waals surface area contributed by atoms with Crippen LogP contribution in [0.4, 0.5) is 15.9 Å². The zero-order chi connectivity index (χ0) is 14.9. The van der Waals surface area contributed by atoms with E-state index in [0.717, 1.165) is 17.7 Å². The van der Waals surface area contributed by atoms with Crippen LogP contribution in [0.15, 0.2) is 35.2 Å². The topological polar surface area (TPSA) is 85.1 Å². The average Bonchev–Trinajstić information content (AvgIpc) is 2.30. The highest BCUT2D eigenvalue weighted by molar-refractivity contribution is 7.92. The second kappa shape index (κ2) is 5.09. The molecule has 0 radical (unpaired) electrons. The number of hydrogen-bond donors (Lipinski definition) is 2. The van der Waals surface area contributed by atoms with Crippen LogP contribution in [0, 0.1) is 19.7 Å². The van der Waals surface area contributed by atoms with Crippen molar-refractivity contribution in [3.63, 3.8) is 0 Å². The summed E-state index contributed by atoms with van der Waals surface area (Å²) >= 11 is 0. The van der Waals surface area contributed by atoms with Gasteiger partial charge in [0.1, 0.15) is 16.5 Å². The number of benzene rings is 1. The van der Waals surface area contributed by atoms with Gasteiger partial charge >= 0.3 is 0 Å². The standard InChI is InChI=1S/C13H14FN3O2S/c1-8-5-9(2)16-13(6-8)17-20(18,19)12-7-10(14)3-4-11(12)15/h3-7H,15H2,1-2H3,(H,16,17). The zero-order valence-electron chi connectivity index (χ0n) is 11.0. The van der Waals surface area contributed by atoms with Gasteiger partial charge in [-0.1, -0.05) is 0 Å². The number of pyridine rings is 1. The van der Waals surface area contributed by atoms with Crippen molar-refractivity contribution in [1.82, 2.24) is 4.98 Å². The van der Waals surface area contributed by atoms with E-state index in [1.165, 1.54) is 6.07 Å². The highest BCUT2D eigenvalue weighted by Crippen LogP contribution is 2.22. The van der Waals surface area contributed by atoms with Gasteiger partial charge in [-0.05, 0) is 49.7 Å². The number of nitrogen functional groups attached to an aromatic ring is 1. The highest BCUT2D eigenvalue weighted by Gasteiger charge is 2.19. The van der Waals surface area contributed by atoms with Crippen molar-refractivity contribution >= 4 is 21.5 Å². The lowest BCUT2D eigenvalue weighted by Crippen LogP contribution is -2.16. The molecule has 2 aromatic rings. The molecule has 0 bridgehead atoms. The van der Waals surface area contributed by atoms with Gasteiger partial charge in [0.05, 0.1) is 5.69 Å². The summed E-state index contributed by atoms with van der Waals surface area (Å²) in [5.74, 6) is -0.501. The fourth-order valence-electron chi connectivity index (χ4n) is 1.83. The van der Waals surface area contributed by atoms with E-state index in [1.807, 2.05) is 13.0 Å². The molecule has 2 rings (SSSR count). The normalized spacial score (nSPS) is 11.3. The van der Waals surface area contributed by atoms with Gasteiger partial charge in [-0.25, -0.2) is 17.8 Å².